The highest BCUT2D eigenvalue weighted by molar-refractivity contribution is 6.07. The van der Waals surface area contributed by atoms with Gasteiger partial charge in [-0.2, -0.15) is 4.99 Å². The third-order valence-corrected chi connectivity index (χ3v) is 13.6. The number of methoxy groups -OCH3 is 2. The zero-order valence-electron chi connectivity index (χ0n) is 38.7. The van der Waals surface area contributed by atoms with Crippen LogP contribution in [0.1, 0.15) is 117 Å². The molecule has 3 N–H and O–H groups in total. The molecule has 2 aliphatic heterocycles. The number of rotatable bonds is 14. The van der Waals surface area contributed by atoms with Gasteiger partial charge in [-0.15, -0.1) is 0 Å². The first-order valence-electron chi connectivity index (χ1n) is 22.6. The van der Waals surface area contributed by atoms with Crippen molar-refractivity contribution in [2.75, 3.05) is 14.2 Å². The predicted molar refractivity (Wildman–Crippen MR) is 247 cm³/mol. The van der Waals surface area contributed by atoms with Crippen molar-refractivity contribution in [3.8, 4) is 28.1 Å². The number of ether oxygens (including phenoxy) is 3. The maximum Gasteiger partial charge on any atom is 0.432 e. The summed E-state index contributed by atoms with van der Waals surface area (Å²) in [6.07, 6.45) is 5.63. The van der Waals surface area contributed by atoms with Crippen LogP contribution in [0.2, 0.25) is 0 Å². The smallest absolute Gasteiger partial charge is 0.432 e. The zero-order valence-corrected chi connectivity index (χ0v) is 38.7. The first kappa shape index (κ1) is 45.8. The Kier molecular flexibility index (Phi) is 13.8. The Morgan fingerprint density at radius 1 is 0.953 bits per heavy atom. The Balaban J connectivity index is 1.15. The van der Waals surface area contributed by atoms with Crippen LogP contribution in [0.5, 0.6) is 5.75 Å². The second-order valence-electron chi connectivity index (χ2n) is 17.5. The van der Waals surface area contributed by atoms with Crippen molar-refractivity contribution in [3.05, 3.63) is 65.9 Å². The summed E-state index contributed by atoms with van der Waals surface area (Å²) in [6.45, 7) is 16.4. The van der Waals surface area contributed by atoms with Gasteiger partial charge in [-0.3, -0.25) is 9.59 Å². The minimum atomic E-state index is -0.744. The van der Waals surface area contributed by atoms with Gasteiger partial charge in [0.25, 0.3) is 0 Å². The number of carbonyl (C=O) groups excluding carboxylic acids is 4. The van der Waals surface area contributed by atoms with Crippen LogP contribution in [0.25, 0.3) is 44.2 Å². The van der Waals surface area contributed by atoms with E-state index in [4.69, 9.17) is 24.2 Å². The maximum absolute atomic E-state index is 14.2. The van der Waals surface area contributed by atoms with Gasteiger partial charge >= 0.3 is 12.2 Å². The average molecular weight is 875 g/mol. The molecule has 2 aliphatic rings. The number of hydrogen-bond acceptors (Lipinski definition) is 9. The van der Waals surface area contributed by atoms with E-state index in [2.05, 4.69) is 63.6 Å². The molecule has 5 aromatic rings. The first-order valence-corrected chi connectivity index (χ1v) is 22.6. The van der Waals surface area contributed by atoms with E-state index >= 15 is 0 Å². The van der Waals surface area contributed by atoms with Gasteiger partial charge in [0.05, 0.1) is 55.1 Å². The number of alkyl carbamates (subject to hydrolysis) is 1. The molecule has 0 radical (unpaired) electrons. The van der Waals surface area contributed by atoms with Crippen molar-refractivity contribution in [1.29, 1.82) is 0 Å². The van der Waals surface area contributed by atoms with Crippen molar-refractivity contribution in [2.45, 2.75) is 124 Å². The topological polar surface area (TPSA) is 184 Å². The number of aromatic nitrogens is 4. The number of amides is 4. The fraction of sp³-hybridized carbons (Fsp3) is 0.490. The number of fused-ring (bicyclic) bond motifs is 6. The molecule has 0 bridgehead atoms. The van der Waals surface area contributed by atoms with Crippen LogP contribution in [-0.4, -0.2) is 92.3 Å². The van der Waals surface area contributed by atoms with E-state index < -0.39 is 30.2 Å². The highest BCUT2D eigenvalue weighted by Gasteiger charge is 2.41. The highest BCUT2D eigenvalue weighted by Crippen LogP contribution is 2.44. The van der Waals surface area contributed by atoms with Crippen LogP contribution in [0.4, 0.5) is 9.59 Å². The van der Waals surface area contributed by atoms with Crippen molar-refractivity contribution in [3.63, 3.8) is 0 Å². The number of carbonyl (C=O) groups is 4. The number of nitrogens with one attached hydrogen (secondary N) is 3. The van der Waals surface area contributed by atoms with Crippen molar-refractivity contribution in [1.82, 2.24) is 35.1 Å². The monoisotopic (exact) mass is 874 g/mol. The number of likely N-dealkylation sites (tertiary alicyclic amines) is 1. The van der Waals surface area contributed by atoms with E-state index in [1.807, 2.05) is 64.3 Å². The Bertz CT molecular complexity index is 2560. The largest absolute Gasteiger partial charge is 0.488 e. The van der Waals surface area contributed by atoms with Gasteiger partial charge < -0.3 is 39.3 Å². The summed E-state index contributed by atoms with van der Waals surface area (Å²) in [7, 11) is 2.57. The lowest BCUT2D eigenvalue weighted by molar-refractivity contribution is -0.139. The van der Waals surface area contributed by atoms with E-state index in [1.165, 1.54) is 20.4 Å². The molecular formula is C49H62N8O7. The molecule has 0 spiro atoms. The number of benzene rings is 3. The molecular weight excluding hydrogens is 813 g/mol. The summed E-state index contributed by atoms with van der Waals surface area (Å²) in [5.74, 6) is 1.18. The molecule has 7 rings (SSSR count). The molecule has 15 heteroatoms. The van der Waals surface area contributed by atoms with Gasteiger partial charge in [0, 0.05) is 29.2 Å². The van der Waals surface area contributed by atoms with Crippen molar-refractivity contribution >= 4 is 52.0 Å². The van der Waals surface area contributed by atoms with Gasteiger partial charge in [-0.25, -0.2) is 19.6 Å². The molecule has 2 unspecified atom stereocenters. The average Bonchev–Trinajstić information content (AvgIpc) is 4.08. The number of imidazole rings is 2. The number of H-pyrrole nitrogens is 2. The Morgan fingerprint density at radius 3 is 2.42 bits per heavy atom. The second kappa shape index (κ2) is 19.2. The molecule has 2 aromatic heterocycles. The van der Waals surface area contributed by atoms with Crippen LogP contribution in [0.3, 0.4) is 0 Å². The summed E-state index contributed by atoms with van der Waals surface area (Å²) < 4.78 is 16.0. The lowest BCUT2D eigenvalue weighted by Gasteiger charge is -2.37. The molecule has 1 saturated heterocycles. The molecule has 4 amide bonds. The summed E-state index contributed by atoms with van der Waals surface area (Å²) >= 11 is 0. The lowest BCUT2D eigenvalue weighted by Crippen LogP contribution is -2.54. The third-order valence-electron chi connectivity index (χ3n) is 13.6. The molecule has 0 aliphatic carbocycles. The molecule has 3 aromatic carbocycles. The Morgan fingerprint density at radius 2 is 1.72 bits per heavy atom. The maximum atomic E-state index is 14.2. The van der Waals surface area contributed by atoms with Crippen LogP contribution < -0.4 is 10.1 Å². The zero-order chi connectivity index (χ0) is 46.0. The van der Waals surface area contributed by atoms with Gasteiger partial charge in [0.2, 0.25) is 11.8 Å². The summed E-state index contributed by atoms with van der Waals surface area (Å²) in [5, 5.41) is 4.74. The molecule has 64 heavy (non-hydrogen) atoms. The molecule has 15 nitrogen and oxygen atoms in total. The quantitative estimate of drug-likeness (QED) is 0.0914. The summed E-state index contributed by atoms with van der Waals surface area (Å²) in [4.78, 5) is 77.1. The Labute approximate surface area is 374 Å². The number of nitrogens with zero attached hydrogens (tertiary/aromatic N) is 5. The standard InChI is InChI=1S/C49H62N8O7/c1-11-26(4)37(23-51-48(60)62-9)46(58)57-29(7)14-19-40(57)45-52-38-18-16-31-21-36-34-17-15-32(20-33(34)25-64-41(36)22-35(31)43(38)54-45)39-24-50-44(53-39)30(8)56(28(6)13-3)47(59)42(27(5)12-2)55-49(61)63-10/h15-18,20-24,26-30,37,40,42H,11-14,19,25H2,1-10H3,(H,50,53)(H,52,54)(H,55,61)/t26-,27-,28-,29-,30-,37?,40-,42?/m0/s1. The van der Waals surface area contributed by atoms with Crippen LogP contribution in [-0.2, 0) is 25.7 Å². The number of aliphatic imine (C=N–C) groups is 1. The molecule has 8 atom stereocenters. The highest BCUT2D eigenvalue weighted by atomic mass is 16.5. The molecule has 4 heterocycles. The van der Waals surface area contributed by atoms with E-state index in [9.17, 15) is 19.2 Å². The van der Waals surface area contributed by atoms with Gasteiger partial charge in [-0.05, 0) is 98.2 Å². The Hall–Kier alpha value is -6.25. The first-order chi connectivity index (χ1) is 30.7. The van der Waals surface area contributed by atoms with Gasteiger partial charge in [0.1, 0.15) is 30.0 Å². The third kappa shape index (κ3) is 8.81. The molecule has 0 saturated carbocycles. The van der Waals surface area contributed by atoms with Gasteiger partial charge in [-0.1, -0.05) is 65.7 Å². The molecule has 1 fully saturated rings. The van der Waals surface area contributed by atoms with E-state index in [1.54, 1.807) is 6.20 Å². The van der Waals surface area contributed by atoms with Crippen molar-refractivity contribution < 1.29 is 33.4 Å². The SMILES string of the molecule is CC[C@H](C)C(C=NC(=O)OC)C(=O)N1[C@@H](C)CC[C@H]1c1nc2c(ccc3cc4c(cc32)OCc2cc(-c3cnc([C@H](C)N(C(=O)C(NC(=O)OC)[C@@H](C)CC)[C@@H](C)CC)[nH]3)ccc2-4)[nH]1. The second-order valence-corrected chi connectivity index (χ2v) is 17.5. The van der Waals surface area contributed by atoms with E-state index in [0.717, 1.165) is 87.0 Å². The fourth-order valence-electron chi connectivity index (χ4n) is 9.17. The van der Waals surface area contributed by atoms with Crippen molar-refractivity contribution in [2.24, 2.45) is 22.7 Å². The van der Waals surface area contributed by atoms with Crippen LogP contribution >= 0.6 is 0 Å². The van der Waals surface area contributed by atoms with E-state index in [0.29, 0.717) is 18.9 Å². The lowest BCUT2D eigenvalue weighted by atomic mass is 9.91. The summed E-state index contributed by atoms with van der Waals surface area (Å²) in [5.41, 5.74) is 6.53. The van der Waals surface area contributed by atoms with Gasteiger partial charge in [0.15, 0.2) is 0 Å². The molecule has 340 valence electrons. The summed E-state index contributed by atoms with van der Waals surface area (Å²) in [6, 6.07) is 13.1. The van der Waals surface area contributed by atoms with Crippen LogP contribution in [0.15, 0.2) is 53.7 Å². The normalized spacial score (nSPS) is 18.7. The number of aromatic amines is 2. The van der Waals surface area contributed by atoms with E-state index in [-0.39, 0.29) is 41.8 Å². The minimum absolute atomic E-state index is 0.0123. The fourth-order valence-corrected chi connectivity index (χ4v) is 9.17. The predicted octanol–water partition coefficient (Wildman–Crippen LogP) is 9.68. The number of hydrogen-bond donors (Lipinski definition) is 3. The minimum Gasteiger partial charge on any atom is -0.488 e. The van der Waals surface area contributed by atoms with Crippen LogP contribution in [0, 0.1) is 17.8 Å².